The Labute approximate surface area is 166 Å². The van der Waals surface area contributed by atoms with Crippen molar-refractivity contribution < 1.29 is 4.79 Å². The molecule has 1 aromatic heterocycles. The van der Waals surface area contributed by atoms with Crippen molar-refractivity contribution in [2.45, 2.75) is 0 Å². The highest BCUT2D eigenvalue weighted by Gasteiger charge is 2.23. The molecule has 0 radical (unpaired) electrons. The Kier molecular flexibility index (Phi) is 4.56. The zero-order valence-electron chi connectivity index (χ0n) is 14.1. The maximum atomic E-state index is 13.4. The number of hydrogen-bond donors (Lipinski definition) is 1. The monoisotopic (exact) mass is 392 g/mol. The molecular weight excluding hydrogens is 379 g/mol. The summed E-state index contributed by atoms with van der Waals surface area (Å²) in [7, 11) is 0. The molecule has 0 atom stereocenters. The van der Waals surface area contributed by atoms with Crippen LogP contribution in [0.4, 0.5) is 5.69 Å². The number of nitrogen functional groups attached to an aromatic ring is 1. The molecule has 0 aliphatic carbocycles. The Balaban J connectivity index is 2.03. The molecule has 0 saturated heterocycles. The van der Waals surface area contributed by atoms with Crippen LogP contribution in [-0.4, -0.2) is 10.8 Å². The molecule has 3 nitrogen and oxygen atoms in total. The third-order valence-electron chi connectivity index (χ3n) is 4.38. The van der Waals surface area contributed by atoms with Crippen LogP contribution in [0.15, 0.2) is 72.8 Å². The largest absolute Gasteiger partial charge is 0.398 e. The number of hydrogen-bond acceptors (Lipinski definition) is 3. The van der Waals surface area contributed by atoms with E-state index >= 15 is 0 Å². The van der Waals surface area contributed by atoms with Gasteiger partial charge in [-0.3, -0.25) is 4.79 Å². The molecule has 4 rings (SSSR count). The van der Waals surface area contributed by atoms with Crippen LogP contribution in [0, 0.1) is 0 Å². The van der Waals surface area contributed by atoms with Gasteiger partial charge in [0.15, 0.2) is 5.78 Å². The minimum atomic E-state index is -0.286. The number of ketones is 1. The summed E-state index contributed by atoms with van der Waals surface area (Å²) in [6, 6.07) is 21.8. The predicted octanol–water partition coefficient (Wildman–Crippen LogP) is 6.02. The van der Waals surface area contributed by atoms with E-state index in [1.807, 2.05) is 54.6 Å². The molecule has 0 bridgehead atoms. The number of aromatic nitrogens is 1. The summed E-state index contributed by atoms with van der Waals surface area (Å²) in [5, 5.41) is 1.47. The lowest BCUT2D eigenvalue weighted by Crippen LogP contribution is -2.10. The van der Waals surface area contributed by atoms with Crippen molar-refractivity contribution in [2.24, 2.45) is 0 Å². The van der Waals surface area contributed by atoms with Gasteiger partial charge >= 0.3 is 0 Å². The van der Waals surface area contributed by atoms with Crippen LogP contribution in [0.3, 0.4) is 0 Å². The first-order valence-corrected chi connectivity index (χ1v) is 9.05. The lowest BCUT2D eigenvalue weighted by Gasteiger charge is -2.15. The summed E-state index contributed by atoms with van der Waals surface area (Å²) in [5.74, 6) is -0.286. The van der Waals surface area contributed by atoms with E-state index in [-0.39, 0.29) is 10.8 Å². The van der Waals surface area contributed by atoms with E-state index in [0.717, 1.165) is 16.5 Å². The molecule has 2 N–H and O–H groups in total. The average Bonchev–Trinajstić information content (AvgIpc) is 2.68. The summed E-state index contributed by atoms with van der Waals surface area (Å²) in [6.07, 6.45) is 0. The molecule has 3 aromatic carbocycles. The number of carbonyl (C=O) groups is 1. The van der Waals surface area contributed by atoms with Gasteiger partial charge in [0.05, 0.1) is 27.5 Å². The molecule has 0 aliphatic heterocycles. The van der Waals surface area contributed by atoms with Gasteiger partial charge in [0.2, 0.25) is 0 Å². The van der Waals surface area contributed by atoms with E-state index in [1.54, 1.807) is 18.2 Å². The maximum absolute atomic E-state index is 13.4. The van der Waals surface area contributed by atoms with Crippen LogP contribution < -0.4 is 5.73 Å². The number of para-hydroxylation sites is 1. The number of halogens is 2. The smallest absolute Gasteiger partial charge is 0.198 e. The quantitative estimate of drug-likeness (QED) is 0.433. The van der Waals surface area contributed by atoms with Crippen molar-refractivity contribution in [2.75, 3.05) is 5.73 Å². The second kappa shape index (κ2) is 7.03. The number of benzene rings is 3. The number of carbonyl (C=O) groups excluding carboxylic acids is 1. The van der Waals surface area contributed by atoms with Crippen LogP contribution >= 0.6 is 23.2 Å². The van der Waals surface area contributed by atoms with Crippen LogP contribution in [0.25, 0.3) is 22.2 Å². The zero-order chi connectivity index (χ0) is 19.0. The third kappa shape index (κ3) is 3.16. The highest BCUT2D eigenvalue weighted by molar-refractivity contribution is 6.38. The minimum absolute atomic E-state index is 0.277. The van der Waals surface area contributed by atoms with Crippen molar-refractivity contribution in [3.8, 4) is 11.3 Å². The van der Waals surface area contributed by atoms with Crippen LogP contribution in [-0.2, 0) is 0 Å². The van der Waals surface area contributed by atoms with Crippen molar-refractivity contribution in [1.29, 1.82) is 0 Å². The summed E-state index contributed by atoms with van der Waals surface area (Å²) in [6.45, 7) is 0. The Hall–Kier alpha value is -2.88. The highest BCUT2D eigenvalue weighted by Crippen LogP contribution is 2.35. The molecule has 0 spiro atoms. The first-order valence-electron chi connectivity index (χ1n) is 8.29. The number of fused-ring (bicyclic) bond motifs is 1. The van der Waals surface area contributed by atoms with Gasteiger partial charge in [0, 0.05) is 21.5 Å². The van der Waals surface area contributed by atoms with Gasteiger partial charge in [0.25, 0.3) is 0 Å². The number of nitrogens with zero attached hydrogens (tertiary/aromatic N) is 1. The summed E-state index contributed by atoms with van der Waals surface area (Å²) < 4.78 is 0. The Bertz CT molecular complexity index is 1170. The fourth-order valence-electron chi connectivity index (χ4n) is 3.08. The van der Waals surface area contributed by atoms with Gasteiger partial charge in [-0.05, 0) is 24.3 Å². The van der Waals surface area contributed by atoms with E-state index in [2.05, 4.69) is 0 Å². The number of rotatable bonds is 3. The molecule has 132 valence electrons. The number of nitrogens with two attached hydrogens (primary N) is 1. The van der Waals surface area contributed by atoms with E-state index < -0.39 is 0 Å². The van der Waals surface area contributed by atoms with Crippen molar-refractivity contribution in [1.82, 2.24) is 4.98 Å². The first-order chi connectivity index (χ1) is 13.1. The standard InChI is InChI=1S/C22H14Cl2N2O/c23-14-10-11-15(17(24)12-14)22(27)19-20(25)16-8-4-5-9-18(16)26-21(19)13-6-2-1-3-7-13/h1-12H,(H2,25,26). The topological polar surface area (TPSA) is 56.0 Å². The van der Waals surface area contributed by atoms with Gasteiger partial charge in [-0.2, -0.15) is 0 Å². The van der Waals surface area contributed by atoms with Crippen molar-refractivity contribution in [3.05, 3.63) is 94.0 Å². The first kappa shape index (κ1) is 17.5. The fourth-order valence-corrected chi connectivity index (χ4v) is 3.57. The predicted molar refractivity (Wildman–Crippen MR) is 111 cm³/mol. The summed E-state index contributed by atoms with van der Waals surface area (Å²) >= 11 is 12.2. The minimum Gasteiger partial charge on any atom is -0.398 e. The Morgan fingerprint density at radius 3 is 2.33 bits per heavy atom. The van der Waals surface area contributed by atoms with E-state index in [0.29, 0.717) is 27.5 Å². The average molecular weight is 393 g/mol. The molecule has 27 heavy (non-hydrogen) atoms. The Morgan fingerprint density at radius 1 is 0.889 bits per heavy atom. The van der Waals surface area contributed by atoms with Crippen LogP contribution in [0.1, 0.15) is 15.9 Å². The van der Waals surface area contributed by atoms with Crippen LogP contribution in [0.5, 0.6) is 0 Å². The Morgan fingerprint density at radius 2 is 1.59 bits per heavy atom. The number of anilines is 1. The molecule has 0 fully saturated rings. The third-order valence-corrected chi connectivity index (χ3v) is 4.93. The second-order valence-corrected chi connectivity index (χ2v) is 6.93. The molecule has 0 unspecified atom stereocenters. The van der Waals surface area contributed by atoms with E-state index in [9.17, 15) is 4.79 Å². The van der Waals surface area contributed by atoms with Gasteiger partial charge in [-0.1, -0.05) is 71.7 Å². The van der Waals surface area contributed by atoms with E-state index in [4.69, 9.17) is 33.9 Å². The second-order valence-electron chi connectivity index (χ2n) is 6.09. The lowest BCUT2D eigenvalue weighted by atomic mass is 9.94. The maximum Gasteiger partial charge on any atom is 0.198 e. The summed E-state index contributed by atoms with van der Waals surface area (Å²) in [5.41, 5.74) is 9.57. The molecule has 0 saturated carbocycles. The van der Waals surface area contributed by atoms with Crippen molar-refractivity contribution in [3.63, 3.8) is 0 Å². The highest BCUT2D eigenvalue weighted by atomic mass is 35.5. The SMILES string of the molecule is Nc1c(C(=O)c2ccc(Cl)cc2Cl)c(-c2ccccc2)nc2ccccc12. The zero-order valence-corrected chi connectivity index (χ0v) is 15.6. The normalized spacial score (nSPS) is 10.9. The van der Waals surface area contributed by atoms with Gasteiger partial charge in [-0.25, -0.2) is 4.98 Å². The van der Waals surface area contributed by atoms with Gasteiger partial charge in [0.1, 0.15) is 0 Å². The van der Waals surface area contributed by atoms with Crippen molar-refractivity contribution >= 4 is 45.6 Å². The number of pyridine rings is 1. The van der Waals surface area contributed by atoms with Gasteiger partial charge < -0.3 is 5.73 Å². The molecule has 0 amide bonds. The summed E-state index contributed by atoms with van der Waals surface area (Å²) in [4.78, 5) is 18.1. The molecule has 4 aromatic rings. The molecular formula is C22H14Cl2N2O. The van der Waals surface area contributed by atoms with Gasteiger partial charge in [-0.15, -0.1) is 0 Å². The molecule has 5 heteroatoms. The lowest BCUT2D eigenvalue weighted by molar-refractivity contribution is 0.104. The van der Waals surface area contributed by atoms with E-state index in [1.165, 1.54) is 0 Å². The molecule has 1 heterocycles. The van der Waals surface area contributed by atoms with Crippen LogP contribution in [0.2, 0.25) is 10.0 Å². The fraction of sp³-hybridized carbons (Fsp3) is 0. The molecule has 0 aliphatic rings.